The first-order chi connectivity index (χ1) is 13.8. The average molecular weight is 418 g/mol. The number of pyridine rings is 2. The van der Waals surface area contributed by atoms with Gasteiger partial charge in [0.25, 0.3) is 0 Å². The maximum absolute atomic E-state index is 12.7. The molecule has 1 N–H and O–H groups in total. The number of alkyl halides is 3. The number of rotatable bonds is 3. The molecule has 0 spiro atoms. The summed E-state index contributed by atoms with van der Waals surface area (Å²) in [6, 6.07) is 7.59. The molecule has 0 unspecified atom stereocenters. The van der Waals surface area contributed by atoms with E-state index in [2.05, 4.69) is 15.1 Å². The fourth-order valence-electron chi connectivity index (χ4n) is 3.84. The van der Waals surface area contributed by atoms with Crippen LogP contribution in [0.1, 0.15) is 23.8 Å². The second-order valence-electron chi connectivity index (χ2n) is 7.59. The predicted molar refractivity (Wildman–Crippen MR) is 104 cm³/mol. The van der Waals surface area contributed by atoms with Crippen molar-refractivity contribution in [3.05, 3.63) is 41.5 Å². The Morgan fingerprint density at radius 3 is 2.76 bits per heavy atom. The van der Waals surface area contributed by atoms with Gasteiger partial charge in [-0.05, 0) is 43.0 Å². The third-order valence-corrected chi connectivity index (χ3v) is 6.66. The Hall–Kier alpha value is -2.52. The largest absolute Gasteiger partial charge is 0.391 e. The van der Waals surface area contributed by atoms with Gasteiger partial charge < -0.3 is 5.11 Å². The molecule has 4 aromatic heterocycles. The highest BCUT2D eigenvalue weighted by atomic mass is 32.1. The molecule has 5 nitrogen and oxygen atoms in total. The standard InChI is InChI=1S/C20H17F3N4OS/c1-27-9-13-4-12(8-24-18(13)26-27)15-3-2-10-7-16(29-19(10)25-15)17(28)11-5-14(6-11)20(21,22)23/h2-4,7-9,11,14,17,28H,5-6H2,1H3/t11-,14+,17-/m0/s1. The Morgan fingerprint density at radius 1 is 1.21 bits per heavy atom. The molecular formula is C20H17F3N4OS. The van der Waals surface area contributed by atoms with Crippen LogP contribution in [0.5, 0.6) is 0 Å². The lowest BCUT2D eigenvalue weighted by molar-refractivity contribution is -0.212. The summed E-state index contributed by atoms with van der Waals surface area (Å²) in [4.78, 5) is 10.4. The van der Waals surface area contributed by atoms with Crippen LogP contribution in [0.25, 0.3) is 32.5 Å². The Labute approximate surface area is 167 Å². The minimum Gasteiger partial charge on any atom is -0.387 e. The van der Waals surface area contributed by atoms with Crippen LogP contribution in [0.15, 0.2) is 36.7 Å². The fourth-order valence-corrected chi connectivity index (χ4v) is 4.95. The van der Waals surface area contributed by atoms with Gasteiger partial charge in [-0.1, -0.05) is 0 Å². The van der Waals surface area contributed by atoms with Gasteiger partial charge in [-0.15, -0.1) is 11.3 Å². The molecule has 0 radical (unpaired) electrons. The van der Waals surface area contributed by atoms with Crippen molar-refractivity contribution >= 4 is 32.6 Å². The summed E-state index contributed by atoms with van der Waals surface area (Å²) in [6.07, 6.45) is -1.49. The number of fused-ring (bicyclic) bond motifs is 2. The molecule has 0 aromatic carbocycles. The van der Waals surface area contributed by atoms with E-state index >= 15 is 0 Å². The predicted octanol–water partition coefficient (Wildman–Crippen LogP) is 4.87. The molecule has 5 rings (SSSR count). The van der Waals surface area contributed by atoms with Crippen molar-refractivity contribution < 1.29 is 18.3 Å². The summed E-state index contributed by atoms with van der Waals surface area (Å²) in [5.74, 6) is -1.65. The van der Waals surface area contributed by atoms with Crippen LogP contribution in [0.4, 0.5) is 13.2 Å². The number of thiophene rings is 1. The average Bonchev–Trinajstić information content (AvgIpc) is 3.19. The molecule has 9 heteroatoms. The van der Waals surface area contributed by atoms with Gasteiger partial charge in [0, 0.05) is 40.7 Å². The molecule has 0 saturated heterocycles. The van der Waals surface area contributed by atoms with Crippen LogP contribution in [-0.2, 0) is 7.05 Å². The van der Waals surface area contributed by atoms with Gasteiger partial charge in [0.2, 0.25) is 0 Å². The number of aromatic nitrogens is 4. The number of aliphatic hydroxyl groups is 1. The first-order valence-electron chi connectivity index (χ1n) is 9.23. The van der Waals surface area contributed by atoms with Gasteiger partial charge in [-0.2, -0.15) is 18.3 Å². The zero-order valence-corrected chi connectivity index (χ0v) is 16.2. The van der Waals surface area contributed by atoms with Crippen LogP contribution in [0.3, 0.4) is 0 Å². The number of halogens is 3. The molecule has 1 atom stereocenters. The van der Waals surface area contributed by atoms with E-state index < -0.39 is 18.2 Å². The summed E-state index contributed by atoms with van der Waals surface area (Å²) in [5.41, 5.74) is 2.27. The number of aliphatic hydroxyl groups excluding tert-OH is 1. The molecule has 1 fully saturated rings. The zero-order valence-electron chi connectivity index (χ0n) is 15.4. The lowest BCUT2D eigenvalue weighted by Gasteiger charge is -2.38. The topological polar surface area (TPSA) is 63.8 Å². The molecule has 0 amide bonds. The summed E-state index contributed by atoms with van der Waals surface area (Å²) in [7, 11) is 1.84. The van der Waals surface area contributed by atoms with Crippen molar-refractivity contribution in [3.63, 3.8) is 0 Å². The minimum atomic E-state index is -4.17. The van der Waals surface area contributed by atoms with Gasteiger partial charge in [-0.3, -0.25) is 4.68 Å². The van der Waals surface area contributed by atoms with Crippen molar-refractivity contribution in [3.8, 4) is 11.3 Å². The third-order valence-electron chi connectivity index (χ3n) is 5.55. The zero-order chi connectivity index (χ0) is 20.3. The van der Waals surface area contributed by atoms with E-state index in [1.165, 1.54) is 11.3 Å². The maximum atomic E-state index is 12.7. The van der Waals surface area contributed by atoms with Crippen molar-refractivity contribution in [2.75, 3.05) is 0 Å². The highest BCUT2D eigenvalue weighted by Crippen LogP contribution is 2.50. The van der Waals surface area contributed by atoms with E-state index in [0.717, 1.165) is 26.9 Å². The fraction of sp³-hybridized carbons (Fsp3) is 0.350. The first-order valence-corrected chi connectivity index (χ1v) is 10.0. The smallest absolute Gasteiger partial charge is 0.387 e. The Bertz CT molecular complexity index is 1210. The monoisotopic (exact) mass is 418 g/mol. The molecular weight excluding hydrogens is 401 g/mol. The van der Waals surface area contributed by atoms with Crippen LogP contribution in [-0.4, -0.2) is 31.0 Å². The van der Waals surface area contributed by atoms with Crippen LogP contribution in [0, 0.1) is 11.8 Å². The van der Waals surface area contributed by atoms with E-state index in [9.17, 15) is 18.3 Å². The highest BCUT2D eigenvalue weighted by Gasteiger charge is 2.50. The number of hydrogen-bond acceptors (Lipinski definition) is 5. The van der Waals surface area contributed by atoms with E-state index in [1.807, 2.05) is 37.5 Å². The van der Waals surface area contributed by atoms with Crippen LogP contribution < -0.4 is 0 Å². The lowest BCUT2D eigenvalue weighted by Crippen LogP contribution is -2.38. The Balaban J connectivity index is 1.41. The quantitative estimate of drug-likeness (QED) is 0.516. The maximum Gasteiger partial charge on any atom is 0.391 e. The van der Waals surface area contributed by atoms with E-state index in [0.29, 0.717) is 10.5 Å². The number of hydrogen-bond donors (Lipinski definition) is 1. The SMILES string of the molecule is Cn1cc2cc(-c3ccc4cc([C@@H](O)[C@H]5C[C@@H](C(F)(F)F)C5)sc4n3)cnc2n1. The molecule has 0 aliphatic heterocycles. The minimum absolute atomic E-state index is 0.0195. The molecule has 1 aliphatic rings. The molecule has 150 valence electrons. The van der Waals surface area contributed by atoms with Gasteiger partial charge in [0.1, 0.15) is 4.83 Å². The number of nitrogens with zero attached hydrogens (tertiary/aromatic N) is 4. The second kappa shape index (κ2) is 6.50. The summed E-state index contributed by atoms with van der Waals surface area (Å²) in [5, 5.41) is 16.6. The molecule has 4 heterocycles. The Morgan fingerprint density at radius 2 is 2.00 bits per heavy atom. The molecule has 4 aromatic rings. The van der Waals surface area contributed by atoms with E-state index in [-0.39, 0.29) is 18.8 Å². The Kier molecular flexibility index (Phi) is 4.15. The van der Waals surface area contributed by atoms with E-state index in [4.69, 9.17) is 0 Å². The van der Waals surface area contributed by atoms with Crippen molar-refractivity contribution in [2.45, 2.75) is 25.1 Å². The lowest BCUT2D eigenvalue weighted by atomic mass is 9.71. The van der Waals surface area contributed by atoms with Crippen LogP contribution >= 0.6 is 11.3 Å². The van der Waals surface area contributed by atoms with Gasteiger partial charge >= 0.3 is 6.18 Å². The van der Waals surface area contributed by atoms with Crippen LogP contribution in [0.2, 0.25) is 0 Å². The third kappa shape index (κ3) is 3.28. The van der Waals surface area contributed by atoms with Crippen molar-refractivity contribution in [1.82, 2.24) is 19.7 Å². The van der Waals surface area contributed by atoms with Gasteiger partial charge in [0.05, 0.1) is 17.7 Å². The molecule has 1 saturated carbocycles. The van der Waals surface area contributed by atoms with Gasteiger partial charge in [-0.25, -0.2) is 9.97 Å². The number of aryl methyl sites for hydroxylation is 1. The van der Waals surface area contributed by atoms with Crippen molar-refractivity contribution in [2.24, 2.45) is 18.9 Å². The normalized spacial score (nSPS) is 20.9. The molecule has 0 bridgehead atoms. The molecule has 1 aliphatic carbocycles. The second-order valence-corrected chi connectivity index (χ2v) is 8.66. The van der Waals surface area contributed by atoms with E-state index in [1.54, 1.807) is 10.9 Å². The molecule has 29 heavy (non-hydrogen) atoms. The van der Waals surface area contributed by atoms with Crippen molar-refractivity contribution in [1.29, 1.82) is 0 Å². The first kappa shape index (κ1) is 18.5. The summed E-state index contributed by atoms with van der Waals surface area (Å²) >= 11 is 1.33. The highest BCUT2D eigenvalue weighted by molar-refractivity contribution is 7.18. The van der Waals surface area contributed by atoms with Gasteiger partial charge in [0.15, 0.2) is 5.65 Å². The summed E-state index contributed by atoms with van der Waals surface area (Å²) < 4.78 is 39.8. The summed E-state index contributed by atoms with van der Waals surface area (Å²) in [6.45, 7) is 0.